The molecule has 0 heterocycles. The van der Waals surface area contributed by atoms with Crippen LogP contribution in [0.1, 0.15) is 33.1 Å². The van der Waals surface area contributed by atoms with E-state index in [0.29, 0.717) is 12.5 Å². The van der Waals surface area contributed by atoms with Crippen molar-refractivity contribution in [3.63, 3.8) is 0 Å². The molecule has 5 heteroatoms. The molecule has 1 aromatic rings. The number of sulfone groups is 1. The average molecular weight is 287 g/mol. The first-order chi connectivity index (χ1) is 9.01. The molecule has 0 aliphatic carbocycles. The van der Waals surface area contributed by atoms with E-state index in [0.717, 1.165) is 19.4 Å². The van der Waals surface area contributed by atoms with Crippen LogP contribution in [0, 0.1) is 5.82 Å². The molecule has 1 rings (SSSR count). The van der Waals surface area contributed by atoms with E-state index < -0.39 is 15.7 Å². The summed E-state index contributed by atoms with van der Waals surface area (Å²) in [6.45, 7) is 4.97. The number of nitrogens with one attached hydrogen (secondary N) is 1. The Labute approximate surface area is 115 Å². The third-order valence-electron chi connectivity index (χ3n) is 3.12. The fraction of sp³-hybridized carbons (Fsp3) is 0.571. The summed E-state index contributed by atoms with van der Waals surface area (Å²) < 4.78 is 37.5. The van der Waals surface area contributed by atoms with Crippen LogP contribution in [0.15, 0.2) is 29.2 Å². The highest BCUT2D eigenvalue weighted by molar-refractivity contribution is 7.91. The molecule has 0 spiro atoms. The Morgan fingerprint density at radius 2 is 1.95 bits per heavy atom. The van der Waals surface area contributed by atoms with Crippen molar-refractivity contribution in [1.82, 2.24) is 5.32 Å². The topological polar surface area (TPSA) is 46.2 Å². The normalized spacial score (nSPS) is 13.4. The standard InChI is InChI=1S/C14H22FNO2S/c1-3-12(16-4-2)8-7-11-19(17,18)14-10-6-5-9-13(14)15/h5-6,9-10,12,16H,3-4,7-8,11H2,1-2H3. The lowest BCUT2D eigenvalue weighted by atomic mass is 10.1. The van der Waals surface area contributed by atoms with Gasteiger partial charge in [0.25, 0.3) is 0 Å². The molecule has 0 aliphatic heterocycles. The lowest BCUT2D eigenvalue weighted by molar-refractivity contribution is 0.474. The van der Waals surface area contributed by atoms with E-state index in [4.69, 9.17) is 0 Å². The number of benzene rings is 1. The maximum atomic E-state index is 13.5. The third kappa shape index (κ3) is 4.91. The van der Waals surface area contributed by atoms with Crippen molar-refractivity contribution in [3.8, 4) is 0 Å². The van der Waals surface area contributed by atoms with Crippen molar-refractivity contribution in [1.29, 1.82) is 0 Å². The quantitative estimate of drug-likeness (QED) is 0.799. The zero-order valence-corrected chi connectivity index (χ0v) is 12.3. The second-order valence-electron chi connectivity index (χ2n) is 4.55. The summed E-state index contributed by atoms with van der Waals surface area (Å²) in [5.74, 6) is -0.670. The fourth-order valence-electron chi connectivity index (χ4n) is 2.07. The molecule has 1 aromatic carbocycles. The Morgan fingerprint density at radius 3 is 2.53 bits per heavy atom. The van der Waals surface area contributed by atoms with Crippen LogP contribution in [0.25, 0.3) is 0 Å². The van der Waals surface area contributed by atoms with Crippen LogP contribution in [-0.2, 0) is 9.84 Å². The predicted octanol–water partition coefficient (Wildman–Crippen LogP) is 2.77. The number of hydrogen-bond acceptors (Lipinski definition) is 3. The van der Waals surface area contributed by atoms with Gasteiger partial charge < -0.3 is 5.32 Å². The minimum Gasteiger partial charge on any atom is -0.314 e. The first-order valence-electron chi connectivity index (χ1n) is 6.72. The molecule has 3 nitrogen and oxygen atoms in total. The van der Waals surface area contributed by atoms with Gasteiger partial charge in [-0.2, -0.15) is 0 Å². The molecule has 0 aliphatic rings. The van der Waals surface area contributed by atoms with Gasteiger partial charge in [-0.25, -0.2) is 12.8 Å². The molecule has 0 aromatic heterocycles. The second-order valence-corrected chi connectivity index (χ2v) is 6.63. The van der Waals surface area contributed by atoms with Crippen molar-refractivity contribution in [3.05, 3.63) is 30.1 Å². The molecule has 0 fully saturated rings. The third-order valence-corrected chi connectivity index (χ3v) is 4.95. The van der Waals surface area contributed by atoms with Crippen LogP contribution < -0.4 is 5.32 Å². The maximum absolute atomic E-state index is 13.5. The predicted molar refractivity (Wildman–Crippen MR) is 75.4 cm³/mol. The van der Waals surface area contributed by atoms with E-state index in [9.17, 15) is 12.8 Å². The molecule has 108 valence electrons. The van der Waals surface area contributed by atoms with Gasteiger partial charge in [-0.05, 0) is 37.9 Å². The van der Waals surface area contributed by atoms with Gasteiger partial charge in [0, 0.05) is 6.04 Å². The second kappa shape index (κ2) is 7.60. The van der Waals surface area contributed by atoms with Crippen molar-refractivity contribution < 1.29 is 12.8 Å². The van der Waals surface area contributed by atoms with Gasteiger partial charge in [-0.15, -0.1) is 0 Å². The van der Waals surface area contributed by atoms with Crippen LogP contribution >= 0.6 is 0 Å². The lowest BCUT2D eigenvalue weighted by Crippen LogP contribution is -2.28. The fourth-order valence-corrected chi connectivity index (χ4v) is 3.48. The minimum atomic E-state index is -3.51. The number of halogens is 1. The molecule has 1 unspecified atom stereocenters. The van der Waals surface area contributed by atoms with Gasteiger partial charge in [-0.3, -0.25) is 0 Å². The smallest absolute Gasteiger partial charge is 0.181 e. The monoisotopic (exact) mass is 287 g/mol. The summed E-state index contributed by atoms with van der Waals surface area (Å²) in [6.07, 6.45) is 2.30. The molecular weight excluding hydrogens is 265 g/mol. The van der Waals surface area contributed by atoms with E-state index in [1.165, 1.54) is 18.2 Å². The van der Waals surface area contributed by atoms with Crippen molar-refractivity contribution in [2.75, 3.05) is 12.3 Å². The largest absolute Gasteiger partial charge is 0.314 e. The Bertz CT molecular complexity index is 488. The van der Waals surface area contributed by atoms with Crippen LogP contribution in [0.2, 0.25) is 0 Å². The SMILES string of the molecule is CCNC(CC)CCCS(=O)(=O)c1ccccc1F. The van der Waals surface area contributed by atoms with Gasteiger partial charge >= 0.3 is 0 Å². The van der Waals surface area contributed by atoms with Crippen molar-refractivity contribution in [2.45, 2.75) is 44.0 Å². The first-order valence-corrected chi connectivity index (χ1v) is 8.37. The van der Waals surface area contributed by atoms with E-state index in [2.05, 4.69) is 12.2 Å². The van der Waals surface area contributed by atoms with Gasteiger partial charge in [0.05, 0.1) is 5.75 Å². The highest BCUT2D eigenvalue weighted by Crippen LogP contribution is 2.17. The highest BCUT2D eigenvalue weighted by Gasteiger charge is 2.18. The first kappa shape index (κ1) is 16.1. The molecule has 19 heavy (non-hydrogen) atoms. The van der Waals surface area contributed by atoms with Crippen LogP contribution in [-0.4, -0.2) is 26.8 Å². The molecule has 0 saturated carbocycles. The van der Waals surface area contributed by atoms with Crippen molar-refractivity contribution >= 4 is 9.84 Å². The van der Waals surface area contributed by atoms with Crippen LogP contribution in [0.5, 0.6) is 0 Å². The lowest BCUT2D eigenvalue weighted by Gasteiger charge is -2.15. The Morgan fingerprint density at radius 1 is 1.26 bits per heavy atom. The summed E-state index contributed by atoms with van der Waals surface area (Å²) in [5.41, 5.74) is 0. The van der Waals surface area contributed by atoms with E-state index in [1.54, 1.807) is 6.07 Å². The molecular formula is C14H22FNO2S. The average Bonchev–Trinajstić information content (AvgIpc) is 2.38. The Kier molecular flexibility index (Phi) is 6.45. The van der Waals surface area contributed by atoms with Gasteiger partial charge in [0.15, 0.2) is 9.84 Å². The highest BCUT2D eigenvalue weighted by atomic mass is 32.2. The Hall–Kier alpha value is -0.940. The summed E-state index contributed by atoms with van der Waals surface area (Å²) in [4.78, 5) is -0.188. The molecule has 1 atom stereocenters. The number of rotatable bonds is 8. The van der Waals surface area contributed by atoms with E-state index in [1.807, 2.05) is 6.92 Å². The van der Waals surface area contributed by atoms with Gasteiger partial charge in [0.2, 0.25) is 0 Å². The van der Waals surface area contributed by atoms with E-state index >= 15 is 0 Å². The summed E-state index contributed by atoms with van der Waals surface area (Å²) in [6, 6.07) is 5.88. The van der Waals surface area contributed by atoms with Gasteiger partial charge in [-0.1, -0.05) is 26.0 Å². The van der Waals surface area contributed by atoms with Crippen LogP contribution in [0.3, 0.4) is 0 Å². The Balaban J connectivity index is 2.59. The maximum Gasteiger partial charge on any atom is 0.181 e. The molecule has 0 bridgehead atoms. The molecule has 1 N–H and O–H groups in total. The van der Waals surface area contributed by atoms with Crippen LogP contribution in [0.4, 0.5) is 4.39 Å². The van der Waals surface area contributed by atoms with E-state index in [-0.39, 0.29) is 10.6 Å². The zero-order chi connectivity index (χ0) is 14.3. The molecule has 0 amide bonds. The minimum absolute atomic E-state index is 0.00414. The molecule has 0 radical (unpaired) electrons. The number of hydrogen-bond donors (Lipinski definition) is 1. The summed E-state index contributed by atoms with van der Waals surface area (Å²) in [5, 5.41) is 3.30. The zero-order valence-electron chi connectivity index (χ0n) is 11.5. The summed E-state index contributed by atoms with van der Waals surface area (Å²) in [7, 11) is -3.51. The summed E-state index contributed by atoms with van der Waals surface area (Å²) >= 11 is 0. The molecule has 0 saturated heterocycles. The van der Waals surface area contributed by atoms with Gasteiger partial charge in [0.1, 0.15) is 10.7 Å². The van der Waals surface area contributed by atoms with Crippen molar-refractivity contribution in [2.24, 2.45) is 0 Å².